The van der Waals surface area contributed by atoms with Crippen LogP contribution in [0.3, 0.4) is 0 Å². The minimum Gasteiger partial charge on any atom is -0.480 e. The molecule has 212 valence electrons. The Labute approximate surface area is 226 Å². The minimum atomic E-state index is -1.26. The molecule has 0 radical (unpaired) electrons. The number of carbonyl (C=O) groups excluding carboxylic acids is 4. The van der Waals surface area contributed by atoms with Gasteiger partial charge in [-0.25, -0.2) is 9.78 Å². The number of rotatable bonds is 16. The van der Waals surface area contributed by atoms with Crippen molar-refractivity contribution in [3.05, 3.63) is 54.1 Å². The molecule has 4 unspecified atom stereocenters. The molecular formula is C26H37N7O6. The molecule has 2 rings (SSSR count). The van der Waals surface area contributed by atoms with Crippen molar-refractivity contribution in [2.45, 2.75) is 70.1 Å². The monoisotopic (exact) mass is 543 g/mol. The van der Waals surface area contributed by atoms with Crippen LogP contribution in [0.5, 0.6) is 0 Å². The van der Waals surface area contributed by atoms with Crippen LogP contribution in [0.2, 0.25) is 0 Å². The molecule has 0 saturated carbocycles. The molecule has 13 heteroatoms. The van der Waals surface area contributed by atoms with Crippen molar-refractivity contribution in [2.24, 2.45) is 17.4 Å². The van der Waals surface area contributed by atoms with Crippen molar-refractivity contribution in [2.75, 3.05) is 0 Å². The number of nitrogens with one attached hydrogen (secondary N) is 4. The zero-order valence-electron chi connectivity index (χ0n) is 22.1. The number of amides is 4. The zero-order valence-corrected chi connectivity index (χ0v) is 22.1. The number of carbonyl (C=O) groups is 5. The van der Waals surface area contributed by atoms with E-state index in [9.17, 15) is 29.1 Å². The van der Waals surface area contributed by atoms with E-state index in [1.165, 1.54) is 12.5 Å². The predicted octanol–water partition coefficient (Wildman–Crippen LogP) is -0.627. The fourth-order valence-electron chi connectivity index (χ4n) is 3.83. The Hall–Kier alpha value is -4.26. The van der Waals surface area contributed by atoms with Crippen molar-refractivity contribution in [3.63, 3.8) is 0 Å². The molecule has 9 N–H and O–H groups in total. The molecule has 13 nitrogen and oxygen atoms in total. The van der Waals surface area contributed by atoms with Crippen molar-refractivity contribution in [3.8, 4) is 0 Å². The Balaban J connectivity index is 2.19. The van der Waals surface area contributed by atoms with Gasteiger partial charge < -0.3 is 37.5 Å². The number of hydrogen-bond acceptors (Lipinski definition) is 7. The second-order valence-electron chi connectivity index (χ2n) is 9.73. The first-order chi connectivity index (χ1) is 18.5. The summed E-state index contributed by atoms with van der Waals surface area (Å²) in [6.45, 7) is 3.71. The van der Waals surface area contributed by atoms with Crippen molar-refractivity contribution < 1.29 is 29.1 Å². The van der Waals surface area contributed by atoms with Gasteiger partial charge in [-0.1, -0.05) is 44.2 Å². The van der Waals surface area contributed by atoms with Crippen LogP contribution < -0.4 is 27.4 Å². The highest BCUT2D eigenvalue weighted by Gasteiger charge is 2.31. The highest BCUT2D eigenvalue weighted by molar-refractivity contribution is 5.94. The topological polar surface area (TPSA) is 222 Å². The van der Waals surface area contributed by atoms with Gasteiger partial charge in [0.25, 0.3) is 0 Å². The minimum absolute atomic E-state index is 0.00608. The molecule has 2 aromatic rings. The Kier molecular flexibility index (Phi) is 12.1. The average molecular weight is 544 g/mol. The van der Waals surface area contributed by atoms with Crippen LogP contribution in [-0.4, -0.2) is 68.8 Å². The number of imidazole rings is 1. The summed E-state index contributed by atoms with van der Waals surface area (Å²) in [6, 6.07) is 4.45. The summed E-state index contributed by atoms with van der Waals surface area (Å²) in [5, 5.41) is 17.4. The van der Waals surface area contributed by atoms with E-state index in [1.54, 1.807) is 24.3 Å². The van der Waals surface area contributed by atoms with Crippen molar-refractivity contribution in [1.29, 1.82) is 0 Å². The number of carboxylic acid groups (broad SMARTS) is 1. The number of H-pyrrole nitrogens is 1. The molecule has 4 amide bonds. The number of hydrogen-bond donors (Lipinski definition) is 7. The summed E-state index contributed by atoms with van der Waals surface area (Å²) in [5.41, 5.74) is 12.3. The molecule has 0 spiro atoms. The molecular weight excluding hydrogens is 506 g/mol. The Bertz CT molecular complexity index is 1110. The normalized spacial score (nSPS) is 14.1. The maximum absolute atomic E-state index is 13.4. The second kappa shape index (κ2) is 15.2. The van der Waals surface area contributed by atoms with Crippen LogP contribution in [0.4, 0.5) is 0 Å². The maximum Gasteiger partial charge on any atom is 0.326 e. The first-order valence-corrected chi connectivity index (χ1v) is 12.6. The van der Waals surface area contributed by atoms with Gasteiger partial charge in [-0.3, -0.25) is 19.2 Å². The van der Waals surface area contributed by atoms with Crippen molar-refractivity contribution >= 4 is 29.6 Å². The van der Waals surface area contributed by atoms with Gasteiger partial charge in [0.15, 0.2) is 0 Å². The smallest absolute Gasteiger partial charge is 0.326 e. The number of aromatic nitrogens is 2. The lowest BCUT2D eigenvalue weighted by Gasteiger charge is -2.26. The number of primary amides is 1. The highest BCUT2D eigenvalue weighted by atomic mass is 16.4. The summed E-state index contributed by atoms with van der Waals surface area (Å²) >= 11 is 0. The lowest BCUT2D eigenvalue weighted by Crippen LogP contribution is -2.58. The van der Waals surface area contributed by atoms with Crippen LogP contribution >= 0.6 is 0 Å². The third kappa shape index (κ3) is 10.9. The fourth-order valence-corrected chi connectivity index (χ4v) is 3.83. The van der Waals surface area contributed by atoms with Crippen LogP contribution in [-0.2, 0) is 36.8 Å². The molecule has 0 aliphatic heterocycles. The first-order valence-electron chi connectivity index (χ1n) is 12.6. The van der Waals surface area contributed by atoms with E-state index in [0.717, 1.165) is 5.56 Å². The lowest BCUT2D eigenvalue weighted by molar-refractivity contribution is -0.142. The molecule has 0 fully saturated rings. The van der Waals surface area contributed by atoms with Gasteiger partial charge in [-0.05, 0) is 24.3 Å². The molecule has 1 aromatic heterocycles. The first kappa shape index (κ1) is 31.0. The van der Waals surface area contributed by atoms with E-state index in [-0.39, 0.29) is 38.0 Å². The average Bonchev–Trinajstić information content (AvgIpc) is 3.39. The quantitative estimate of drug-likeness (QED) is 0.144. The van der Waals surface area contributed by atoms with Gasteiger partial charge in [0.2, 0.25) is 23.6 Å². The van der Waals surface area contributed by atoms with E-state index >= 15 is 0 Å². The molecule has 4 atom stereocenters. The van der Waals surface area contributed by atoms with E-state index in [1.807, 2.05) is 19.9 Å². The molecule has 0 aliphatic carbocycles. The summed E-state index contributed by atoms with van der Waals surface area (Å²) in [7, 11) is 0. The zero-order chi connectivity index (χ0) is 28.9. The Morgan fingerprint density at radius 1 is 0.923 bits per heavy atom. The Morgan fingerprint density at radius 3 is 2.10 bits per heavy atom. The van der Waals surface area contributed by atoms with E-state index in [2.05, 4.69) is 25.9 Å². The predicted molar refractivity (Wildman–Crippen MR) is 142 cm³/mol. The lowest BCUT2D eigenvalue weighted by atomic mass is 10.00. The molecule has 1 aromatic carbocycles. The summed E-state index contributed by atoms with van der Waals surface area (Å²) in [6.07, 6.45) is 3.07. The van der Waals surface area contributed by atoms with Gasteiger partial charge in [-0.15, -0.1) is 0 Å². The van der Waals surface area contributed by atoms with Crippen LogP contribution in [0.25, 0.3) is 0 Å². The number of carboxylic acids is 1. The highest BCUT2D eigenvalue weighted by Crippen LogP contribution is 2.10. The van der Waals surface area contributed by atoms with Gasteiger partial charge in [0.1, 0.15) is 18.1 Å². The number of aromatic amines is 1. The molecule has 1 heterocycles. The maximum atomic E-state index is 13.4. The van der Waals surface area contributed by atoms with E-state index < -0.39 is 53.8 Å². The molecule has 0 saturated heterocycles. The fraction of sp³-hybridized carbons (Fsp3) is 0.462. The second-order valence-corrected chi connectivity index (χ2v) is 9.73. The molecule has 39 heavy (non-hydrogen) atoms. The van der Waals surface area contributed by atoms with Crippen LogP contribution in [0.1, 0.15) is 44.4 Å². The van der Waals surface area contributed by atoms with Gasteiger partial charge in [-0.2, -0.15) is 0 Å². The number of nitrogens with two attached hydrogens (primary N) is 2. The van der Waals surface area contributed by atoms with Crippen LogP contribution in [0.15, 0.2) is 42.9 Å². The largest absolute Gasteiger partial charge is 0.480 e. The SMILES string of the molecule is CC(C)CC(NC(=O)C(Cc1ccccc1)NC(=O)C(N)CCC(N)=O)C(=O)NC(Cc1cnc[nH]1)C(=O)O. The molecule has 0 aliphatic rings. The third-order valence-electron chi connectivity index (χ3n) is 5.89. The summed E-state index contributed by atoms with van der Waals surface area (Å²) in [4.78, 5) is 68.8. The molecule has 0 bridgehead atoms. The van der Waals surface area contributed by atoms with Crippen molar-refractivity contribution in [1.82, 2.24) is 25.9 Å². The van der Waals surface area contributed by atoms with Gasteiger partial charge in [0, 0.05) is 31.2 Å². The standard InChI is InChI=1S/C26H37N7O6/c1-15(2)10-19(24(36)33-21(26(38)39)12-17-13-29-14-30-17)32-25(37)20(11-16-6-4-3-5-7-16)31-23(35)18(27)8-9-22(28)34/h3-7,13-15,18-21H,8-12,27H2,1-2H3,(H2,28,34)(H,29,30)(H,31,35)(H,32,37)(H,33,36)(H,38,39). The summed E-state index contributed by atoms with van der Waals surface area (Å²) < 4.78 is 0. The number of nitrogens with zero attached hydrogens (tertiary/aromatic N) is 1. The van der Waals surface area contributed by atoms with Gasteiger partial charge >= 0.3 is 5.97 Å². The number of aliphatic carboxylic acids is 1. The Morgan fingerprint density at radius 2 is 1.54 bits per heavy atom. The third-order valence-corrected chi connectivity index (χ3v) is 5.89. The van der Waals surface area contributed by atoms with E-state index in [0.29, 0.717) is 5.69 Å². The van der Waals surface area contributed by atoms with E-state index in [4.69, 9.17) is 11.5 Å². The van der Waals surface area contributed by atoms with Crippen LogP contribution in [0, 0.1) is 5.92 Å². The van der Waals surface area contributed by atoms with Gasteiger partial charge in [0.05, 0.1) is 12.4 Å². The number of benzene rings is 1. The summed E-state index contributed by atoms with van der Waals surface area (Å²) in [5.74, 6) is -3.84.